The molecule has 0 bridgehead atoms. The summed E-state index contributed by atoms with van der Waals surface area (Å²) in [5.41, 5.74) is 0.407. The van der Waals surface area contributed by atoms with Crippen molar-refractivity contribution in [3.05, 3.63) is 39.9 Å². The molecule has 20 heavy (non-hydrogen) atoms. The van der Waals surface area contributed by atoms with E-state index in [1.54, 1.807) is 4.90 Å². The summed E-state index contributed by atoms with van der Waals surface area (Å²) >= 11 is 0. The van der Waals surface area contributed by atoms with Crippen LogP contribution < -0.4 is 0 Å². The van der Waals surface area contributed by atoms with Gasteiger partial charge in [-0.15, -0.1) is 0 Å². The van der Waals surface area contributed by atoms with Crippen LogP contribution in [-0.2, 0) is 9.59 Å². The molecule has 1 aliphatic rings. The van der Waals surface area contributed by atoms with Gasteiger partial charge >= 0.3 is 5.97 Å². The molecule has 7 nitrogen and oxygen atoms in total. The number of rotatable bonds is 4. The molecule has 0 saturated carbocycles. The van der Waals surface area contributed by atoms with Crippen molar-refractivity contribution >= 4 is 17.4 Å². The van der Waals surface area contributed by atoms with Gasteiger partial charge in [-0.1, -0.05) is 12.1 Å². The molecule has 0 radical (unpaired) electrons. The average molecular weight is 278 g/mol. The van der Waals surface area contributed by atoms with E-state index in [0.717, 1.165) is 0 Å². The topological polar surface area (TPSA) is 101 Å². The molecule has 7 heteroatoms. The first-order valence-electron chi connectivity index (χ1n) is 6.22. The number of carboxylic acid groups (broad SMARTS) is 1. The minimum absolute atomic E-state index is 0.0771. The molecule has 1 aromatic carbocycles. The van der Waals surface area contributed by atoms with E-state index in [1.165, 1.54) is 24.3 Å². The van der Waals surface area contributed by atoms with E-state index >= 15 is 0 Å². The van der Waals surface area contributed by atoms with Crippen LogP contribution >= 0.6 is 0 Å². The maximum Gasteiger partial charge on any atom is 0.325 e. The SMILES string of the molecule is O=C1CCN(C(C(=O)O)c2ccc([N+](=O)[O-])cc2)CC1. The number of carboxylic acids is 1. The molecule has 0 aromatic heterocycles. The molecule has 1 saturated heterocycles. The number of non-ortho nitro benzene ring substituents is 1. The number of carbonyl (C=O) groups excluding carboxylic acids is 1. The van der Waals surface area contributed by atoms with Gasteiger partial charge in [-0.3, -0.25) is 24.6 Å². The highest BCUT2D eigenvalue weighted by Gasteiger charge is 2.30. The van der Waals surface area contributed by atoms with Gasteiger partial charge in [0.2, 0.25) is 0 Å². The molecule has 0 aliphatic carbocycles. The van der Waals surface area contributed by atoms with E-state index in [2.05, 4.69) is 0 Å². The van der Waals surface area contributed by atoms with Gasteiger partial charge in [0.25, 0.3) is 5.69 Å². The van der Waals surface area contributed by atoms with Crippen LogP contribution in [0.2, 0.25) is 0 Å². The summed E-state index contributed by atoms with van der Waals surface area (Å²) in [6, 6.07) is 4.62. The third-order valence-electron chi connectivity index (χ3n) is 3.37. The lowest BCUT2D eigenvalue weighted by Crippen LogP contribution is -2.40. The predicted molar refractivity (Wildman–Crippen MR) is 69.3 cm³/mol. The monoisotopic (exact) mass is 278 g/mol. The van der Waals surface area contributed by atoms with Crippen molar-refractivity contribution in [2.24, 2.45) is 0 Å². The predicted octanol–water partition coefficient (Wildman–Crippen LogP) is 1.39. The number of hydrogen-bond acceptors (Lipinski definition) is 5. The lowest BCUT2D eigenvalue weighted by Gasteiger charge is -2.31. The Labute approximate surface area is 115 Å². The number of piperidine rings is 1. The zero-order valence-electron chi connectivity index (χ0n) is 10.7. The molecule has 1 unspecified atom stereocenters. The maximum absolute atomic E-state index is 11.4. The minimum atomic E-state index is -1.02. The van der Waals surface area contributed by atoms with Gasteiger partial charge in [-0.25, -0.2) is 0 Å². The van der Waals surface area contributed by atoms with E-state index < -0.39 is 16.9 Å². The third kappa shape index (κ3) is 3.00. The Morgan fingerprint density at radius 1 is 1.25 bits per heavy atom. The largest absolute Gasteiger partial charge is 0.480 e. The van der Waals surface area contributed by atoms with Crippen molar-refractivity contribution in [1.82, 2.24) is 4.90 Å². The minimum Gasteiger partial charge on any atom is -0.480 e. The molecule has 0 spiro atoms. The molecule has 1 N–H and O–H groups in total. The Hall–Kier alpha value is -2.28. The van der Waals surface area contributed by atoms with Crippen molar-refractivity contribution < 1.29 is 19.6 Å². The summed E-state index contributed by atoms with van der Waals surface area (Å²) in [4.78, 5) is 34.4. The number of nitro groups is 1. The van der Waals surface area contributed by atoms with Crippen LogP contribution in [0.25, 0.3) is 0 Å². The number of nitro benzene ring substituents is 1. The summed E-state index contributed by atoms with van der Waals surface area (Å²) in [6.45, 7) is 0.791. The number of aliphatic carboxylic acids is 1. The van der Waals surface area contributed by atoms with Crippen molar-refractivity contribution in [2.45, 2.75) is 18.9 Å². The summed E-state index contributed by atoms with van der Waals surface area (Å²) in [6.07, 6.45) is 0.688. The smallest absolute Gasteiger partial charge is 0.325 e. The fourth-order valence-electron chi connectivity index (χ4n) is 2.32. The van der Waals surface area contributed by atoms with Crippen molar-refractivity contribution in [3.8, 4) is 0 Å². The summed E-state index contributed by atoms with van der Waals surface area (Å²) < 4.78 is 0. The van der Waals surface area contributed by atoms with Crippen LogP contribution in [-0.4, -0.2) is 39.8 Å². The Balaban J connectivity index is 2.22. The van der Waals surface area contributed by atoms with Crippen molar-refractivity contribution in [2.75, 3.05) is 13.1 Å². The lowest BCUT2D eigenvalue weighted by molar-refractivity contribution is -0.384. The second-order valence-corrected chi connectivity index (χ2v) is 4.66. The van der Waals surface area contributed by atoms with Gasteiger partial charge in [-0.05, 0) is 5.56 Å². The van der Waals surface area contributed by atoms with Crippen LogP contribution in [0.5, 0.6) is 0 Å². The van der Waals surface area contributed by atoms with Crippen LogP contribution in [0.3, 0.4) is 0 Å². The zero-order valence-corrected chi connectivity index (χ0v) is 10.7. The van der Waals surface area contributed by atoms with Gasteiger partial charge in [0.15, 0.2) is 0 Å². The van der Waals surface area contributed by atoms with Gasteiger partial charge in [-0.2, -0.15) is 0 Å². The molecule has 2 rings (SSSR count). The van der Waals surface area contributed by atoms with E-state index in [-0.39, 0.29) is 11.5 Å². The highest BCUT2D eigenvalue weighted by molar-refractivity contribution is 5.80. The zero-order chi connectivity index (χ0) is 14.7. The van der Waals surface area contributed by atoms with Crippen LogP contribution in [0.4, 0.5) is 5.69 Å². The fourth-order valence-corrected chi connectivity index (χ4v) is 2.32. The van der Waals surface area contributed by atoms with Gasteiger partial charge in [0.1, 0.15) is 11.8 Å². The van der Waals surface area contributed by atoms with Gasteiger partial charge < -0.3 is 5.11 Å². The van der Waals surface area contributed by atoms with Crippen LogP contribution in [0.1, 0.15) is 24.4 Å². The Morgan fingerprint density at radius 3 is 2.25 bits per heavy atom. The van der Waals surface area contributed by atoms with Gasteiger partial charge in [0, 0.05) is 38.1 Å². The maximum atomic E-state index is 11.4. The first-order valence-corrected chi connectivity index (χ1v) is 6.22. The summed E-state index contributed by atoms with van der Waals surface area (Å²) in [7, 11) is 0. The summed E-state index contributed by atoms with van der Waals surface area (Å²) in [5, 5.41) is 20.0. The molecular formula is C13H14N2O5. The summed E-state index contributed by atoms with van der Waals surface area (Å²) in [5.74, 6) is -0.887. The van der Waals surface area contributed by atoms with Crippen molar-refractivity contribution in [1.29, 1.82) is 0 Å². The third-order valence-corrected chi connectivity index (χ3v) is 3.37. The Morgan fingerprint density at radius 2 is 1.80 bits per heavy atom. The van der Waals surface area contributed by atoms with Crippen molar-refractivity contribution in [3.63, 3.8) is 0 Å². The van der Waals surface area contributed by atoms with Crippen LogP contribution in [0.15, 0.2) is 24.3 Å². The number of ketones is 1. The number of Topliss-reactive ketones (excluding diaryl/α,β-unsaturated/α-hetero) is 1. The molecule has 1 heterocycles. The second kappa shape index (κ2) is 5.79. The number of hydrogen-bond donors (Lipinski definition) is 1. The molecule has 106 valence electrons. The normalized spacial score (nSPS) is 17.7. The van der Waals surface area contributed by atoms with E-state index in [0.29, 0.717) is 31.5 Å². The standard InChI is InChI=1S/C13H14N2O5/c16-11-5-7-14(8-6-11)12(13(17)18)9-1-3-10(4-2-9)15(19)20/h1-4,12H,5-8H2,(H,17,18). The molecule has 0 amide bonds. The molecular weight excluding hydrogens is 264 g/mol. The first-order chi connectivity index (χ1) is 9.49. The lowest BCUT2D eigenvalue weighted by atomic mass is 10.0. The number of benzene rings is 1. The number of nitrogens with zero attached hydrogens (tertiary/aromatic N) is 2. The Bertz CT molecular complexity index is 530. The van der Waals surface area contributed by atoms with E-state index in [9.17, 15) is 24.8 Å². The second-order valence-electron chi connectivity index (χ2n) is 4.66. The fraction of sp³-hybridized carbons (Fsp3) is 0.385. The van der Waals surface area contributed by atoms with Crippen LogP contribution in [0, 0.1) is 10.1 Å². The average Bonchev–Trinajstić information content (AvgIpc) is 2.41. The molecule has 1 aromatic rings. The number of carbonyl (C=O) groups is 2. The highest BCUT2D eigenvalue weighted by Crippen LogP contribution is 2.25. The van der Waals surface area contributed by atoms with E-state index in [4.69, 9.17) is 0 Å². The van der Waals surface area contributed by atoms with Gasteiger partial charge in [0.05, 0.1) is 4.92 Å². The molecule has 1 aliphatic heterocycles. The highest BCUT2D eigenvalue weighted by atomic mass is 16.6. The quantitative estimate of drug-likeness (QED) is 0.659. The first kappa shape index (κ1) is 14.1. The molecule has 1 fully saturated rings. The number of likely N-dealkylation sites (tertiary alicyclic amines) is 1. The Kier molecular flexibility index (Phi) is 4.09. The molecule has 1 atom stereocenters. The van der Waals surface area contributed by atoms with E-state index in [1.807, 2.05) is 0 Å².